The molecule has 0 radical (unpaired) electrons. The van der Waals surface area contributed by atoms with Crippen molar-refractivity contribution < 1.29 is 19.0 Å². The molecule has 0 N–H and O–H groups in total. The zero-order valence-corrected chi connectivity index (χ0v) is 29.8. The summed E-state index contributed by atoms with van der Waals surface area (Å²) in [5.74, 6) is 1.42. The molecule has 0 aliphatic heterocycles. The van der Waals surface area contributed by atoms with Crippen LogP contribution in [0, 0.1) is 14.9 Å². The van der Waals surface area contributed by atoms with Crippen molar-refractivity contribution in [2.45, 2.75) is 96.3 Å². The molecule has 224 valence electrons. The molecule has 2 aliphatic rings. The monoisotopic (exact) mass is 700 g/mol. The van der Waals surface area contributed by atoms with Crippen molar-refractivity contribution in [1.29, 1.82) is 0 Å². The van der Waals surface area contributed by atoms with Gasteiger partial charge in [-0.25, -0.2) is 4.98 Å². The number of carbonyl (C=O) groups is 1. The Labute approximate surface area is 256 Å². The summed E-state index contributed by atoms with van der Waals surface area (Å²) >= 11 is 2.33. The first-order chi connectivity index (χ1) is 18.8. The molecule has 0 amide bonds. The maximum atomic E-state index is 12.4. The number of hydrogen-bond donors (Lipinski definition) is 0. The Hall–Kier alpha value is -1.03. The minimum absolute atomic E-state index is 0.00418. The fourth-order valence-corrected chi connectivity index (χ4v) is 7.60. The zero-order chi connectivity index (χ0) is 29.1. The quantitative estimate of drug-likeness (QED) is 0.0692. The lowest BCUT2D eigenvalue weighted by Gasteiger charge is -2.30. The van der Waals surface area contributed by atoms with E-state index in [2.05, 4.69) is 72.8 Å². The number of rotatable bonds is 14. The lowest BCUT2D eigenvalue weighted by Crippen LogP contribution is -2.33. The van der Waals surface area contributed by atoms with E-state index in [0.717, 1.165) is 78.1 Å². The Balaban J connectivity index is 1.52. The van der Waals surface area contributed by atoms with E-state index in [1.54, 1.807) is 0 Å². The van der Waals surface area contributed by atoms with Crippen LogP contribution in [0.4, 0.5) is 5.82 Å². The van der Waals surface area contributed by atoms with E-state index in [1.165, 1.54) is 0 Å². The van der Waals surface area contributed by atoms with Gasteiger partial charge in [0, 0.05) is 47.0 Å². The largest absolute Gasteiger partial charge is 0.466 e. The van der Waals surface area contributed by atoms with Gasteiger partial charge in [-0.3, -0.25) is 4.79 Å². The Morgan fingerprint density at radius 1 is 1.07 bits per heavy atom. The summed E-state index contributed by atoms with van der Waals surface area (Å²) in [6.07, 6.45) is 7.07. The van der Waals surface area contributed by atoms with Gasteiger partial charge in [-0.2, -0.15) is 9.61 Å². The smallest absolute Gasteiger partial charge is 0.309 e. The molecular formula is C29H49IN4O4Si2. The van der Waals surface area contributed by atoms with E-state index in [-0.39, 0.29) is 17.3 Å². The maximum absolute atomic E-state index is 12.4. The number of halogens is 1. The summed E-state index contributed by atoms with van der Waals surface area (Å²) in [5.41, 5.74) is 2.15. The average Bonchev–Trinajstić information content (AvgIpc) is 3.45. The van der Waals surface area contributed by atoms with Gasteiger partial charge < -0.3 is 19.1 Å². The summed E-state index contributed by atoms with van der Waals surface area (Å²) in [7, 11) is -2.37. The highest BCUT2D eigenvalue weighted by Crippen LogP contribution is 2.63. The molecule has 0 aromatic carbocycles. The van der Waals surface area contributed by atoms with Gasteiger partial charge in [-0.15, -0.1) is 0 Å². The standard InChI is InChI=1S/C29H49IN4O4Si2/c1-8-38-28(35)23-18-29(23)11-9-22(10-12-29)25-17-26(34-27(32-25)24(30)19-31-34)33(20-36-13-15-39(2,3)4)21-37-14-16-40(5,6)7/h17,19,22-23H,8-16,18,20-21H2,1-7H3. The van der Waals surface area contributed by atoms with Gasteiger partial charge in [0.05, 0.1) is 22.3 Å². The maximum Gasteiger partial charge on any atom is 0.309 e. The SMILES string of the molecule is CCOC(=O)C1CC12CCC(c1cc(N(COCC[Si](C)(C)C)COCC[Si](C)(C)C)n3ncc(I)c3n1)CC2. The van der Waals surface area contributed by atoms with Crippen LogP contribution < -0.4 is 4.90 Å². The first-order valence-corrected chi connectivity index (χ1v) is 23.4. The van der Waals surface area contributed by atoms with Crippen molar-refractivity contribution in [2.75, 3.05) is 38.2 Å². The number of ether oxygens (including phenoxy) is 3. The van der Waals surface area contributed by atoms with Crippen LogP contribution >= 0.6 is 22.6 Å². The molecule has 0 bridgehead atoms. The van der Waals surface area contributed by atoms with Crippen molar-refractivity contribution in [2.24, 2.45) is 11.3 Å². The Morgan fingerprint density at radius 3 is 2.23 bits per heavy atom. The fraction of sp³-hybridized carbons (Fsp3) is 0.759. The molecule has 40 heavy (non-hydrogen) atoms. The highest BCUT2D eigenvalue weighted by molar-refractivity contribution is 14.1. The number of hydrogen-bond acceptors (Lipinski definition) is 7. The first-order valence-electron chi connectivity index (χ1n) is 14.9. The lowest BCUT2D eigenvalue weighted by atomic mass is 9.77. The van der Waals surface area contributed by atoms with E-state index in [4.69, 9.17) is 24.3 Å². The summed E-state index contributed by atoms with van der Waals surface area (Å²) < 4.78 is 20.8. The van der Waals surface area contributed by atoms with Crippen LogP contribution in [0.2, 0.25) is 51.4 Å². The van der Waals surface area contributed by atoms with Crippen molar-refractivity contribution in [3.63, 3.8) is 0 Å². The number of esters is 1. The van der Waals surface area contributed by atoms with Crippen LogP contribution in [0.15, 0.2) is 12.3 Å². The van der Waals surface area contributed by atoms with Gasteiger partial charge in [-0.05, 0) is 79.1 Å². The number of fused-ring (bicyclic) bond motifs is 1. The topological polar surface area (TPSA) is 78.2 Å². The second-order valence-electron chi connectivity index (χ2n) is 14.1. The Morgan fingerprint density at radius 2 is 1.68 bits per heavy atom. The molecule has 2 fully saturated rings. The van der Waals surface area contributed by atoms with Crippen LogP contribution in [-0.4, -0.2) is 70.0 Å². The third-order valence-electron chi connectivity index (χ3n) is 8.40. The summed E-state index contributed by atoms with van der Waals surface area (Å²) in [6, 6.07) is 4.47. The van der Waals surface area contributed by atoms with Crippen LogP contribution in [0.25, 0.3) is 5.65 Å². The molecule has 2 aliphatic carbocycles. The van der Waals surface area contributed by atoms with E-state index < -0.39 is 16.1 Å². The van der Waals surface area contributed by atoms with Crippen LogP contribution in [-0.2, 0) is 19.0 Å². The van der Waals surface area contributed by atoms with Gasteiger partial charge in [0.25, 0.3) is 0 Å². The van der Waals surface area contributed by atoms with Crippen molar-refractivity contribution in [3.8, 4) is 0 Å². The molecule has 11 heteroatoms. The minimum atomic E-state index is -1.18. The zero-order valence-electron chi connectivity index (χ0n) is 25.6. The highest BCUT2D eigenvalue weighted by atomic mass is 127. The molecule has 2 saturated carbocycles. The van der Waals surface area contributed by atoms with Crippen molar-refractivity contribution in [3.05, 3.63) is 21.5 Å². The molecular weight excluding hydrogens is 651 g/mol. The second kappa shape index (κ2) is 13.1. The van der Waals surface area contributed by atoms with Gasteiger partial charge in [0.15, 0.2) is 5.65 Å². The lowest BCUT2D eigenvalue weighted by molar-refractivity contribution is -0.145. The highest BCUT2D eigenvalue weighted by Gasteiger charge is 2.59. The molecule has 2 aromatic heterocycles. The van der Waals surface area contributed by atoms with Gasteiger partial charge in [0.2, 0.25) is 0 Å². The number of anilines is 1. The van der Waals surface area contributed by atoms with Gasteiger partial charge >= 0.3 is 5.97 Å². The fourth-order valence-electron chi connectivity index (χ4n) is 5.61. The van der Waals surface area contributed by atoms with E-state index in [0.29, 0.717) is 26.0 Å². The van der Waals surface area contributed by atoms with Gasteiger partial charge in [0.1, 0.15) is 19.3 Å². The number of carbonyl (C=O) groups excluding carboxylic acids is 1. The van der Waals surface area contributed by atoms with Crippen LogP contribution in [0.1, 0.15) is 50.6 Å². The number of nitrogens with zero attached hydrogens (tertiary/aromatic N) is 4. The number of aromatic nitrogens is 3. The summed E-state index contributed by atoms with van der Waals surface area (Å²) in [6.45, 7) is 19.0. The van der Waals surface area contributed by atoms with Crippen LogP contribution in [0.5, 0.6) is 0 Å². The predicted molar refractivity (Wildman–Crippen MR) is 175 cm³/mol. The molecule has 4 rings (SSSR count). The molecule has 2 heterocycles. The molecule has 0 saturated heterocycles. The Bertz CT molecular complexity index is 1130. The third-order valence-corrected chi connectivity index (χ3v) is 12.6. The third kappa shape index (κ3) is 8.29. The van der Waals surface area contributed by atoms with Gasteiger partial charge in [-0.1, -0.05) is 39.3 Å². The molecule has 2 aromatic rings. The molecule has 1 unspecified atom stereocenters. The first kappa shape index (κ1) is 31.9. The normalized spacial score (nSPS) is 23.1. The molecule has 8 nitrogen and oxygen atoms in total. The molecule has 1 atom stereocenters. The predicted octanol–water partition coefficient (Wildman–Crippen LogP) is 6.99. The van der Waals surface area contributed by atoms with Crippen LogP contribution in [0.3, 0.4) is 0 Å². The average molecular weight is 701 g/mol. The van der Waals surface area contributed by atoms with E-state index >= 15 is 0 Å². The minimum Gasteiger partial charge on any atom is -0.466 e. The second-order valence-corrected chi connectivity index (χ2v) is 26.6. The van der Waals surface area contributed by atoms with E-state index in [9.17, 15) is 4.79 Å². The van der Waals surface area contributed by atoms with E-state index in [1.807, 2.05) is 17.6 Å². The van der Waals surface area contributed by atoms with Crippen molar-refractivity contribution in [1.82, 2.24) is 14.6 Å². The summed E-state index contributed by atoms with van der Waals surface area (Å²) in [4.78, 5) is 19.7. The molecule has 1 spiro atoms. The van der Waals surface area contributed by atoms with Crippen molar-refractivity contribution >= 4 is 56.2 Å². The summed E-state index contributed by atoms with van der Waals surface area (Å²) in [5, 5.41) is 4.70. The Kier molecular flexibility index (Phi) is 10.4.